The van der Waals surface area contributed by atoms with Gasteiger partial charge in [0.25, 0.3) is 0 Å². The van der Waals surface area contributed by atoms with Gasteiger partial charge in [-0.15, -0.1) is 0 Å². The van der Waals surface area contributed by atoms with Crippen molar-refractivity contribution in [3.8, 4) is 5.75 Å². The van der Waals surface area contributed by atoms with Crippen molar-refractivity contribution < 1.29 is 14.6 Å². The molecule has 1 atom stereocenters. The van der Waals surface area contributed by atoms with E-state index < -0.39 is 6.10 Å². The zero-order valence-corrected chi connectivity index (χ0v) is 14.6. The molecule has 0 aliphatic rings. The highest BCUT2D eigenvalue weighted by Gasteiger charge is 2.12. The standard InChI is InChI=1S/C19H22ClNO3/c1-13(2)24-16-8-5-7-15(10-16)18(22)12-21-19(23)11-14-6-3-4-9-17(14)20/h3-10,13,18,22H,11-12H2,1-2H3,(H,21,23). The molecule has 0 radical (unpaired) electrons. The molecular weight excluding hydrogens is 326 g/mol. The highest BCUT2D eigenvalue weighted by molar-refractivity contribution is 6.31. The van der Waals surface area contributed by atoms with Crippen LogP contribution in [-0.2, 0) is 11.2 Å². The van der Waals surface area contributed by atoms with Crippen LogP contribution < -0.4 is 10.1 Å². The minimum atomic E-state index is -0.795. The summed E-state index contributed by atoms with van der Waals surface area (Å²) in [5.74, 6) is 0.515. The second kappa shape index (κ2) is 8.71. The van der Waals surface area contributed by atoms with Crippen LogP contribution in [0, 0.1) is 0 Å². The van der Waals surface area contributed by atoms with Crippen LogP contribution in [0.3, 0.4) is 0 Å². The zero-order valence-electron chi connectivity index (χ0n) is 13.8. The summed E-state index contributed by atoms with van der Waals surface area (Å²) in [6, 6.07) is 14.5. The summed E-state index contributed by atoms with van der Waals surface area (Å²) in [6.45, 7) is 4.02. The topological polar surface area (TPSA) is 58.6 Å². The minimum absolute atomic E-state index is 0.0627. The molecule has 0 heterocycles. The van der Waals surface area contributed by atoms with Gasteiger partial charge in [0.1, 0.15) is 5.75 Å². The second-order valence-electron chi connectivity index (χ2n) is 5.83. The highest BCUT2D eigenvalue weighted by atomic mass is 35.5. The maximum atomic E-state index is 12.0. The van der Waals surface area contributed by atoms with E-state index >= 15 is 0 Å². The van der Waals surface area contributed by atoms with Gasteiger partial charge in [0, 0.05) is 11.6 Å². The van der Waals surface area contributed by atoms with Crippen LogP contribution in [0.1, 0.15) is 31.1 Å². The molecule has 0 saturated heterocycles. The normalized spacial score (nSPS) is 12.0. The molecule has 0 saturated carbocycles. The third-order valence-electron chi connectivity index (χ3n) is 3.42. The molecule has 1 amide bonds. The number of carbonyl (C=O) groups is 1. The number of halogens is 1. The number of benzene rings is 2. The SMILES string of the molecule is CC(C)Oc1cccc(C(O)CNC(=O)Cc2ccccc2Cl)c1. The van der Waals surface area contributed by atoms with Crippen molar-refractivity contribution in [3.63, 3.8) is 0 Å². The van der Waals surface area contributed by atoms with Crippen LogP contribution in [0.25, 0.3) is 0 Å². The lowest BCUT2D eigenvalue weighted by Gasteiger charge is -2.15. The minimum Gasteiger partial charge on any atom is -0.491 e. The van der Waals surface area contributed by atoms with Crippen molar-refractivity contribution in [2.75, 3.05) is 6.54 Å². The Hall–Kier alpha value is -2.04. The molecule has 2 aromatic carbocycles. The van der Waals surface area contributed by atoms with Gasteiger partial charge in [-0.3, -0.25) is 4.79 Å². The Morgan fingerprint density at radius 2 is 1.96 bits per heavy atom. The first kappa shape index (κ1) is 18.3. The number of amides is 1. The Morgan fingerprint density at radius 1 is 1.21 bits per heavy atom. The van der Waals surface area contributed by atoms with Gasteiger partial charge in [-0.25, -0.2) is 0 Å². The van der Waals surface area contributed by atoms with Crippen LogP contribution >= 0.6 is 11.6 Å². The fraction of sp³-hybridized carbons (Fsp3) is 0.316. The van der Waals surface area contributed by atoms with Crippen LogP contribution in [0.2, 0.25) is 5.02 Å². The molecule has 24 heavy (non-hydrogen) atoms. The number of hydrogen-bond donors (Lipinski definition) is 2. The van der Waals surface area contributed by atoms with Gasteiger partial charge in [-0.05, 0) is 43.2 Å². The van der Waals surface area contributed by atoms with E-state index in [9.17, 15) is 9.90 Å². The van der Waals surface area contributed by atoms with Gasteiger partial charge in [0.05, 0.1) is 18.6 Å². The summed E-state index contributed by atoms with van der Waals surface area (Å²) in [6.07, 6.45) is -0.549. The van der Waals surface area contributed by atoms with E-state index in [2.05, 4.69) is 5.32 Å². The Morgan fingerprint density at radius 3 is 2.67 bits per heavy atom. The van der Waals surface area contributed by atoms with E-state index in [1.54, 1.807) is 18.2 Å². The average Bonchev–Trinajstić information content (AvgIpc) is 2.54. The van der Waals surface area contributed by atoms with Gasteiger partial charge in [0.15, 0.2) is 0 Å². The molecule has 128 valence electrons. The lowest BCUT2D eigenvalue weighted by atomic mass is 10.1. The number of hydrogen-bond acceptors (Lipinski definition) is 3. The van der Waals surface area contributed by atoms with Gasteiger partial charge < -0.3 is 15.2 Å². The highest BCUT2D eigenvalue weighted by Crippen LogP contribution is 2.20. The summed E-state index contributed by atoms with van der Waals surface area (Å²) < 4.78 is 5.61. The summed E-state index contributed by atoms with van der Waals surface area (Å²) in [4.78, 5) is 12.0. The molecule has 2 rings (SSSR count). The summed E-state index contributed by atoms with van der Waals surface area (Å²) in [5, 5.41) is 13.5. The van der Waals surface area contributed by atoms with E-state index in [4.69, 9.17) is 16.3 Å². The Bertz CT molecular complexity index is 688. The van der Waals surface area contributed by atoms with Crippen molar-refractivity contribution in [1.82, 2.24) is 5.32 Å². The number of carbonyl (C=O) groups excluding carboxylic acids is 1. The van der Waals surface area contributed by atoms with Crippen molar-refractivity contribution in [3.05, 3.63) is 64.7 Å². The van der Waals surface area contributed by atoms with Gasteiger partial charge in [0.2, 0.25) is 5.91 Å². The Kier molecular flexibility index (Phi) is 6.64. The molecular formula is C19H22ClNO3. The number of ether oxygens (including phenoxy) is 1. The number of rotatable bonds is 7. The molecule has 1 unspecified atom stereocenters. The van der Waals surface area contributed by atoms with E-state index in [0.717, 1.165) is 5.56 Å². The smallest absolute Gasteiger partial charge is 0.224 e. The number of aliphatic hydroxyl groups is 1. The van der Waals surface area contributed by atoms with Crippen LogP contribution in [-0.4, -0.2) is 23.7 Å². The lowest BCUT2D eigenvalue weighted by molar-refractivity contribution is -0.120. The molecule has 0 aliphatic carbocycles. The number of aliphatic hydroxyl groups excluding tert-OH is 1. The van der Waals surface area contributed by atoms with E-state index in [0.29, 0.717) is 16.3 Å². The molecule has 0 aliphatic heterocycles. The first-order chi connectivity index (χ1) is 11.5. The molecule has 0 aromatic heterocycles. The van der Waals surface area contributed by atoms with Crippen molar-refractivity contribution in [2.24, 2.45) is 0 Å². The zero-order chi connectivity index (χ0) is 17.5. The average molecular weight is 348 g/mol. The van der Waals surface area contributed by atoms with Crippen LogP contribution in [0.5, 0.6) is 5.75 Å². The van der Waals surface area contributed by atoms with Gasteiger partial charge in [-0.2, -0.15) is 0 Å². The molecule has 5 heteroatoms. The third kappa shape index (κ3) is 5.55. The lowest BCUT2D eigenvalue weighted by Crippen LogP contribution is -2.29. The largest absolute Gasteiger partial charge is 0.491 e. The molecule has 0 bridgehead atoms. The number of nitrogens with one attached hydrogen (secondary N) is 1. The third-order valence-corrected chi connectivity index (χ3v) is 3.78. The fourth-order valence-electron chi connectivity index (χ4n) is 2.27. The monoisotopic (exact) mass is 347 g/mol. The summed E-state index contributed by atoms with van der Waals surface area (Å²) >= 11 is 6.04. The Balaban J connectivity index is 1.89. The van der Waals surface area contributed by atoms with E-state index in [1.165, 1.54) is 0 Å². The Labute approximate surface area is 147 Å². The van der Waals surface area contributed by atoms with E-state index in [-0.39, 0.29) is 25.0 Å². The quantitative estimate of drug-likeness (QED) is 0.805. The van der Waals surface area contributed by atoms with Crippen LogP contribution in [0.15, 0.2) is 48.5 Å². The van der Waals surface area contributed by atoms with E-state index in [1.807, 2.05) is 44.2 Å². The second-order valence-corrected chi connectivity index (χ2v) is 6.23. The summed E-state index contributed by atoms with van der Waals surface area (Å²) in [5.41, 5.74) is 1.46. The predicted octanol–water partition coefficient (Wildman–Crippen LogP) is 3.52. The van der Waals surface area contributed by atoms with Crippen molar-refractivity contribution >= 4 is 17.5 Å². The van der Waals surface area contributed by atoms with Crippen molar-refractivity contribution in [1.29, 1.82) is 0 Å². The van der Waals surface area contributed by atoms with Crippen molar-refractivity contribution in [2.45, 2.75) is 32.5 Å². The first-order valence-corrected chi connectivity index (χ1v) is 8.28. The van der Waals surface area contributed by atoms with Crippen LogP contribution in [0.4, 0.5) is 0 Å². The molecule has 2 N–H and O–H groups in total. The molecule has 4 nitrogen and oxygen atoms in total. The maximum Gasteiger partial charge on any atom is 0.224 e. The van der Waals surface area contributed by atoms with Gasteiger partial charge >= 0.3 is 0 Å². The summed E-state index contributed by atoms with van der Waals surface area (Å²) in [7, 11) is 0. The maximum absolute atomic E-state index is 12.0. The van der Waals surface area contributed by atoms with Gasteiger partial charge in [-0.1, -0.05) is 41.9 Å². The predicted molar refractivity (Wildman–Crippen MR) is 95.3 cm³/mol. The molecule has 0 fully saturated rings. The first-order valence-electron chi connectivity index (χ1n) is 7.90. The fourth-order valence-corrected chi connectivity index (χ4v) is 2.48. The molecule has 0 spiro atoms. The molecule has 2 aromatic rings.